The summed E-state index contributed by atoms with van der Waals surface area (Å²) in [7, 11) is 0. The molecule has 2 heterocycles. The number of rotatable bonds is 1. The maximum atomic E-state index is 12.6. The van der Waals surface area contributed by atoms with Crippen molar-refractivity contribution in [2.45, 2.75) is 18.3 Å². The maximum absolute atomic E-state index is 12.6. The average Bonchev–Trinajstić information content (AvgIpc) is 2.27. The molecule has 0 aliphatic carbocycles. The molecule has 1 aliphatic rings. The predicted octanol–water partition coefficient (Wildman–Crippen LogP) is 3.09. The first-order valence-electron chi connectivity index (χ1n) is 5.34. The van der Waals surface area contributed by atoms with Gasteiger partial charge in [-0.05, 0) is 11.6 Å². The van der Waals surface area contributed by atoms with E-state index < -0.39 is 11.9 Å². The molecular formula is C10H11ClF3N3S. The van der Waals surface area contributed by atoms with E-state index in [0.29, 0.717) is 18.3 Å². The lowest BCUT2D eigenvalue weighted by molar-refractivity contribution is -0.141. The lowest BCUT2D eigenvalue weighted by Gasteiger charge is -2.31. The molecule has 18 heavy (non-hydrogen) atoms. The lowest BCUT2D eigenvalue weighted by Crippen LogP contribution is -2.37. The van der Waals surface area contributed by atoms with Crippen molar-refractivity contribution in [2.24, 2.45) is 0 Å². The quantitative estimate of drug-likeness (QED) is 0.745. The minimum atomic E-state index is -4.50. The van der Waals surface area contributed by atoms with Gasteiger partial charge in [0.15, 0.2) is 5.69 Å². The Balaban J connectivity index is 2.30. The minimum Gasteiger partial charge on any atom is -0.355 e. The van der Waals surface area contributed by atoms with Crippen LogP contribution < -0.4 is 4.90 Å². The highest BCUT2D eigenvalue weighted by molar-refractivity contribution is 8.00. The van der Waals surface area contributed by atoms with Crippen molar-refractivity contribution in [1.82, 2.24) is 9.97 Å². The standard InChI is InChI=1S/C10H11ClF3N3S/c1-6-5-17(2-3-18-6)8-4-7(10(12,13)14)15-9(11)16-8/h4,6H,2-3,5H2,1H3. The molecular weight excluding hydrogens is 287 g/mol. The summed E-state index contributed by atoms with van der Waals surface area (Å²) in [4.78, 5) is 8.90. The van der Waals surface area contributed by atoms with Crippen molar-refractivity contribution in [2.75, 3.05) is 23.7 Å². The Morgan fingerprint density at radius 3 is 2.78 bits per heavy atom. The Morgan fingerprint density at radius 1 is 1.44 bits per heavy atom. The zero-order valence-electron chi connectivity index (χ0n) is 9.54. The first-order chi connectivity index (χ1) is 8.36. The minimum absolute atomic E-state index is 0.245. The van der Waals surface area contributed by atoms with Gasteiger partial charge in [-0.15, -0.1) is 0 Å². The molecule has 8 heteroatoms. The van der Waals surface area contributed by atoms with Crippen LogP contribution in [0.2, 0.25) is 5.28 Å². The summed E-state index contributed by atoms with van der Waals surface area (Å²) in [5.74, 6) is 1.11. The molecule has 0 radical (unpaired) electrons. The summed E-state index contributed by atoms with van der Waals surface area (Å²) in [6.45, 7) is 3.36. The normalized spacial score (nSPS) is 21.2. The largest absolute Gasteiger partial charge is 0.433 e. The molecule has 1 aromatic rings. The van der Waals surface area contributed by atoms with E-state index in [1.165, 1.54) is 0 Å². The van der Waals surface area contributed by atoms with Crippen LogP contribution in [-0.2, 0) is 6.18 Å². The Morgan fingerprint density at radius 2 is 2.17 bits per heavy atom. The monoisotopic (exact) mass is 297 g/mol. The van der Waals surface area contributed by atoms with Gasteiger partial charge < -0.3 is 4.90 Å². The van der Waals surface area contributed by atoms with E-state index in [-0.39, 0.29) is 11.1 Å². The van der Waals surface area contributed by atoms with Gasteiger partial charge in [0.1, 0.15) is 5.82 Å². The van der Waals surface area contributed by atoms with E-state index in [1.54, 1.807) is 11.8 Å². The smallest absolute Gasteiger partial charge is 0.355 e. The summed E-state index contributed by atoms with van der Waals surface area (Å²) in [5.41, 5.74) is -0.997. The number of thioether (sulfide) groups is 1. The fourth-order valence-electron chi connectivity index (χ4n) is 1.74. The van der Waals surface area contributed by atoms with Crippen molar-refractivity contribution >= 4 is 29.2 Å². The van der Waals surface area contributed by atoms with Crippen LogP contribution in [0, 0.1) is 0 Å². The SMILES string of the molecule is CC1CN(c2cc(C(F)(F)F)nc(Cl)n2)CCS1. The van der Waals surface area contributed by atoms with Gasteiger partial charge in [0.05, 0.1) is 0 Å². The summed E-state index contributed by atoms with van der Waals surface area (Å²) in [6, 6.07) is 0.953. The van der Waals surface area contributed by atoms with Crippen LogP contribution in [0.5, 0.6) is 0 Å². The van der Waals surface area contributed by atoms with E-state index in [9.17, 15) is 13.2 Å². The van der Waals surface area contributed by atoms with Crippen LogP contribution in [0.25, 0.3) is 0 Å². The molecule has 2 rings (SSSR count). The fraction of sp³-hybridized carbons (Fsp3) is 0.600. The maximum Gasteiger partial charge on any atom is 0.433 e. The molecule has 1 aromatic heterocycles. The molecule has 0 aromatic carbocycles. The Labute approximate surface area is 112 Å². The molecule has 0 bridgehead atoms. The van der Waals surface area contributed by atoms with Crippen LogP contribution >= 0.6 is 23.4 Å². The number of hydrogen-bond acceptors (Lipinski definition) is 4. The third-order valence-electron chi connectivity index (χ3n) is 2.54. The van der Waals surface area contributed by atoms with Gasteiger partial charge in [0.25, 0.3) is 0 Å². The van der Waals surface area contributed by atoms with E-state index >= 15 is 0 Å². The second-order valence-corrected chi connectivity index (χ2v) is 5.89. The molecule has 1 atom stereocenters. The molecule has 0 spiro atoms. The summed E-state index contributed by atoms with van der Waals surface area (Å²) >= 11 is 7.35. The Kier molecular flexibility index (Phi) is 3.91. The molecule has 1 unspecified atom stereocenters. The van der Waals surface area contributed by atoms with Crippen molar-refractivity contribution < 1.29 is 13.2 Å². The Hall–Kier alpha value is -0.690. The first-order valence-corrected chi connectivity index (χ1v) is 6.77. The van der Waals surface area contributed by atoms with Gasteiger partial charge in [0, 0.05) is 30.2 Å². The highest BCUT2D eigenvalue weighted by Gasteiger charge is 2.34. The van der Waals surface area contributed by atoms with Gasteiger partial charge >= 0.3 is 6.18 Å². The third-order valence-corrected chi connectivity index (χ3v) is 3.85. The molecule has 1 saturated heterocycles. The van der Waals surface area contributed by atoms with Gasteiger partial charge in [-0.2, -0.15) is 24.9 Å². The average molecular weight is 298 g/mol. The highest BCUT2D eigenvalue weighted by atomic mass is 35.5. The fourth-order valence-corrected chi connectivity index (χ4v) is 2.93. The van der Waals surface area contributed by atoms with Crippen molar-refractivity contribution in [3.63, 3.8) is 0 Å². The summed E-state index contributed by atoms with van der Waals surface area (Å²) in [6.07, 6.45) is -4.50. The third kappa shape index (κ3) is 3.20. The number of anilines is 1. The number of halogens is 4. The van der Waals surface area contributed by atoms with Crippen LogP contribution in [-0.4, -0.2) is 34.1 Å². The molecule has 1 fully saturated rings. The van der Waals surface area contributed by atoms with E-state index in [1.807, 2.05) is 11.8 Å². The van der Waals surface area contributed by atoms with Crippen molar-refractivity contribution in [3.8, 4) is 0 Å². The second-order valence-electron chi connectivity index (χ2n) is 4.01. The van der Waals surface area contributed by atoms with Crippen LogP contribution in [0.15, 0.2) is 6.07 Å². The van der Waals surface area contributed by atoms with Crippen molar-refractivity contribution in [1.29, 1.82) is 0 Å². The van der Waals surface area contributed by atoms with Gasteiger partial charge in [0.2, 0.25) is 5.28 Å². The zero-order valence-corrected chi connectivity index (χ0v) is 11.1. The highest BCUT2D eigenvalue weighted by Crippen LogP contribution is 2.31. The number of alkyl halides is 3. The molecule has 3 nitrogen and oxygen atoms in total. The molecule has 1 aliphatic heterocycles. The van der Waals surface area contributed by atoms with Gasteiger partial charge in [-0.3, -0.25) is 0 Å². The summed E-state index contributed by atoms with van der Waals surface area (Å²) in [5, 5.41) is -0.00691. The molecule has 0 amide bonds. The molecule has 0 N–H and O–H groups in total. The molecule has 100 valence electrons. The van der Waals surface area contributed by atoms with Gasteiger partial charge in [-0.25, -0.2) is 9.97 Å². The van der Waals surface area contributed by atoms with E-state index in [4.69, 9.17) is 11.6 Å². The predicted molar refractivity (Wildman–Crippen MR) is 66.2 cm³/mol. The Bertz CT molecular complexity index is 441. The zero-order chi connectivity index (χ0) is 13.3. The molecule has 0 saturated carbocycles. The van der Waals surface area contributed by atoms with Crippen LogP contribution in [0.4, 0.5) is 19.0 Å². The first kappa shape index (κ1) is 13.7. The van der Waals surface area contributed by atoms with Crippen molar-refractivity contribution in [3.05, 3.63) is 17.0 Å². The topological polar surface area (TPSA) is 29.0 Å². The second kappa shape index (κ2) is 5.13. The van der Waals surface area contributed by atoms with E-state index in [0.717, 1.165) is 11.8 Å². The van der Waals surface area contributed by atoms with E-state index in [2.05, 4.69) is 9.97 Å². The van der Waals surface area contributed by atoms with Crippen LogP contribution in [0.3, 0.4) is 0 Å². The summed E-state index contributed by atoms with van der Waals surface area (Å²) < 4.78 is 37.9. The number of nitrogens with zero attached hydrogens (tertiary/aromatic N) is 3. The number of hydrogen-bond donors (Lipinski definition) is 0. The van der Waals surface area contributed by atoms with Gasteiger partial charge in [-0.1, -0.05) is 6.92 Å². The lowest BCUT2D eigenvalue weighted by atomic mass is 10.3. The number of aromatic nitrogens is 2. The van der Waals surface area contributed by atoms with Crippen LogP contribution in [0.1, 0.15) is 12.6 Å².